The van der Waals surface area contributed by atoms with E-state index in [1.807, 2.05) is 0 Å². The molecule has 162 valence electrons. The van der Waals surface area contributed by atoms with E-state index in [2.05, 4.69) is 52.5 Å². The van der Waals surface area contributed by atoms with Gasteiger partial charge in [-0.2, -0.15) is 0 Å². The second kappa shape index (κ2) is 10.2. The predicted molar refractivity (Wildman–Crippen MR) is 121 cm³/mol. The first-order chi connectivity index (χ1) is 14.8. The number of hydrogen-bond acceptors (Lipinski definition) is 7. The Balaban J connectivity index is 1.93. The van der Waals surface area contributed by atoms with Crippen molar-refractivity contribution in [3.05, 3.63) is 56.0 Å². The molecular formula is C18H13Br2ClFN5O4. The number of rotatable bonds is 8. The van der Waals surface area contributed by atoms with Crippen LogP contribution in [0.1, 0.15) is 0 Å². The Bertz CT molecular complexity index is 1170. The summed E-state index contributed by atoms with van der Waals surface area (Å²) in [6.07, 6.45) is 1.23. The lowest BCUT2D eigenvalue weighted by atomic mass is 10.2. The van der Waals surface area contributed by atoms with Gasteiger partial charge < -0.3 is 15.4 Å². The maximum atomic E-state index is 14.4. The van der Waals surface area contributed by atoms with Crippen LogP contribution in [0.5, 0.6) is 5.75 Å². The highest BCUT2D eigenvalue weighted by atomic mass is 79.9. The highest BCUT2D eigenvalue weighted by Gasteiger charge is 2.20. The lowest BCUT2D eigenvalue weighted by Gasteiger charge is -2.12. The van der Waals surface area contributed by atoms with Gasteiger partial charge >= 0.3 is 5.69 Å². The van der Waals surface area contributed by atoms with Gasteiger partial charge in [0.15, 0.2) is 11.6 Å². The van der Waals surface area contributed by atoms with Crippen molar-refractivity contribution in [1.29, 1.82) is 0 Å². The van der Waals surface area contributed by atoms with Crippen molar-refractivity contribution in [2.45, 2.75) is 0 Å². The fourth-order valence-electron chi connectivity index (χ4n) is 2.58. The predicted octanol–water partition coefficient (Wildman–Crippen LogP) is 4.73. The summed E-state index contributed by atoms with van der Waals surface area (Å²) in [5, 5.41) is 17.2. The van der Waals surface area contributed by atoms with Crippen LogP contribution in [0.15, 0.2) is 35.1 Å². The van der Waals surface area contributed by atoms with E-state index in [4.69, 9.17) is 16.3 Å². The topological polar surface area (TPSA) is 119 Å². The van der Waals surface area contributed by atoms with Gasteiger partial charge in [0, 0.05) is 16.6 Å². The average molecular weight is 578 g/mol. The van der Waals surface area contributed by atoms with Crippen molar-refractivity contribution in [3.63, 3.8) is 0 Å². The molecule has 31 heavy (non-hydrogen) atoms. The number of hydrogen-bond donors (Lipinski definition) is 2. The van der Waals surface area contributed by atoms with Crippen LogP contribution in [0.25, 0.3) is 10.9 Å². The molecule has 0 spiro atoms. The van der Waals surface area contributed by atoms with Crippen molar-refractivity contribution >= 4 is 77.5 Å². The van der Waals surface area contributed by atoms with Gasteiger partial charge in [0.25, 0.3) is 0 Å². The van der Waals surface area contributed by atoms with Gasteiger partial charge in [0.1, 0.15) is 18.8 Å². The van der Waals surface area contributed by atoms with Crippen molar-refractivity contribution in [3.8, 4) is 5.75 Å². The highest BCUT2D eigenvalue weighted by molar-refractivity contribution is 9.10. The minimum Gasteiger partial charge on any atom is -0.485 e. The van der Waals surface area contributed by atoms with Crippen LogP contribution in [-0.4, -0.2) is 39.3 Å². The molecular weight excluding hydrogens is 564 g/mol. The van der Waals surface area contributed by atoms with Gasteiger partial charge in [-0.1, -0.05) is 27.5 Å². The minimum atomic E-state index is -0.706. The third kappa shape index (κ3) is 5.38. The Hall–Kier alpha value is -2.57. The molecule has 9 nitrogen and oxygen atoms in total. The molecule has 2 aromatic carbocycles. The molecule has 0 unspecified atom stereocenters. The summed E-state index contributed by atoms with van der Waals surface area (Å²) >= 11 is 12.1. The Kier molecular flexibility index (Phi) is 7.57. The average Bonchev–Trinajstić information content (AvgIpc) is 2.76. The fourth-order valence-corrected chi connectivity index (χ4v) is 3.25. The molecule has 0 saturated carbocycles. The number of aromatic nitrogens is 2. The minimum absolute atomic E-state index is 0.0177. The number of carbonyl (C=O) groups is 1. The lowest BCUT2D eigenvalue weighted by Crippen LogP contribution is -2.28. The Morgan fingerprint density at radius 2 is 2.10 bits per heavy atom. The van der Waals surface area contributed by atoms with E-state index in [0.29, 0.717) is 9.99 Å². The molecule has 0 fully saturated rings. The van der Waals surface area contributed by atoms with Crippen LogP contribution in [0.3, 0.4) is 0 Å². The van der Waals surface area contributed by atoms with Crippen LogP contribution in [-0.2, 0) is 4.79 Å². The number of carbonyl (C=O) groups excluding carboxylic acids is 1. The summed E-state index contributed by atoms with van der Waals surface area (Å²) < 4.78 is 20.3. The summed E-state index contributed by atoms with van der Waals surface area (Å²) in [7, 11) is 0. The summed E-state index contributed by atoms with van der Waals surface area (Å²) in [4.78, 5) is 30.4. The number of nitrogens with zero attached hydrogens (tertiary/aromatic N) is 3. The third-order valence-corrected chi connectivity index (χ3v) is 5.77. The zero-order valence-corrected chi connectivity index (χ0v) is 19.4. The zero-order valence-electron chi connectivity index (χ0n) is 15.5. The van der Waals surface area contributed by atoms with Crippen LogP contribution >= 0.6 is 43.5 Å². The first-order valence-corrected chi connectivity index (χ1v) is 10.9. The quantitative estimate of drug-likeness (QED) is 0.131. The van der Waals surface area contributed by atoms with E-state index in [9.17, 15) is 19.3 Å². The van der Waals surface area contributed by atoms with Crippen molar-refractivity contribution < 1.29 is 18.8 Å². The van der Waals surface area contributed by atoms with Crippen molar-refractivity contribution in [2.24, 2.45) is 0 Å². The molecule has 0 aliphatic rings. The summed E-state index contributed by atoms with van der Waals surface area (Å²) in [5.41, 5.74) is 0.0522. The maximum absolute atomic E-state index is 14.4. The second-order valence-corrected chi connectivity index (χ2v) is 7.79. The Morgan fingerprint density at radius 1 is 1.32 bits per heavy atom. The molecule has 1 heterocycles. The first kappa shape index (κ1) is 23.1. The van der Waals surface area contributed by atoms with Crippen LogP contribution in [0.4, 0.5) is 21.6 Å². The number of nitro benzene ring substituents is 1. The molecule has 0 saturated heterocycles. The van der Waals surface area contributed by atoms with E-state index in [1.54, 1.807) is 6.07 Å². The summed E-state index contributed by atoms with van der Waals surface area (Å²) in [6, 6.07) is 5.63. The van der Waals surface area contributed by atoms with Crippen LogP contribution < -0.4 is 15.4 Å². The number of fused-ring (bicyclic) bond motifs is 1. The van der Waals surface area contributed by atoms with E-state index in [1.165, 1.54) is 24.5 Å². The monoisotopic (exact) mass is 575 g/mol. The summed E-state index contributed by atoms with van der Waals surface area (Å²) in [6.45, 7) is 0.184. The standard InChI is InChI=1S/C18H13Br2ClFN5O4/c19-7-15(28)23-3-4-31-14-6-12-9(5-13(14)27(29)30)18(25-8-24-12)26-11-2-1-10(20)16(21)17(11)22/h1-2,5-6,8H,3-4,7H2,(H,23,28)(H,24,25,26). The smallest absolute Gasteiger partial charge is 0.311 e. The number of alkyl halides is 1. The number of halogens is 4. The fraction of sp³-hybridized carbons (Fsp3) is 0.167. The maximum Gasteiger partial charge on any atom is 0.311 e. The molecule has 0 atom stereocenters. The largest absolute Gasteiger partial charge is 0.485 e. The highest BCUT2D eigenvalue weighted by Crippen LogP contribution is 2.36. The lowest BCUT2D eigenvalue weighted by molar-refractivity contribution is -0.385. The second-order valence-electron chi connectivity index (χ2n) is 6.00. The molecule has 13 heteroatoms. The number of nitrogens with one attached hydrogen (secondary N) is 2. The Morgan fingerprint density at radius 3 is 2.81 bits per heavy atom. The first-order valence-electron chi connectivity index (χ1n) is 8.61. The normalized spacial score (nSPS) is 10.7. The number of benzene rings is 2. The zero-order chi connectivity index (χ0) is 22.5. The molecule has 0 radical (unpaired) electrons. The number of nitro groups is 1. The van der Waals surface area contributed by atoms with Gasteiger partial charge in [-0.05, 0) is 28.1 Å². The van der Waals surface area contributed by atoms with E-state index >= 15 is 0 Å². The SMILES string of the molecule is O=C(CBr)NCCOc1cc2ncnc(Nc3ccc(Br)c(Cl)c3F)c2cc1[N+](=O)[O-]. The van der Waals surface area contributed by atoms with E-state index in [0.717, 1.165) is 0 Å². The van der Waals surface area contributed by atoms with E-state index in [-0.39, 0.29) is 57.7 Å². The molecule has 0 aliphatic carbocycles. The number of anilines is 2. The molecule has 2 N–H and O–H groups in total. The molecule has 1 aromatic heterocycles. The summed E-state index contributed by atoms with van der Waals surface area (Å²) in [5.74, 6) is -0.808. The molecule has 3 rings (SSSR count). The molecule has 0 aliphatic heterocycles. The number of ether oxygens (including phenoxy) is 1. The van der Waals surface area contributed by atoms with Gasteiger partial charge in [0.05, 0.1) is 38.4 Å². The third-order valence-electron chi connectivity index (χ3n) is 4.00. The van der Waals surface area contributed by atoms with Gasteiger partial charge in [-0.25, -0.2) is 14.4 Å². The van der Waals surface area contributed by atoms with Crippen LogP contribution in [0, 0.1) is 15.9 Å². The number of amides is 1. The van der Waals surface area contributed by atoms with Crippen LogP contribution in [0.2, 0.25) is 5.02 Å². The molecule has 3 aromatic rings. The van der Waals surface area contributed by atoms with Gasteiger partial charge in [0.2, 0.25) is 5.91 Å². The van der Waals surface area contributed by atoms with Gasteiger partial charge in [-0.3, -0.25) is 14.9 Å². The van der Waals surface area contributed by atoms with Crippen molar-refractivity contribution in [2.75, 3.05) is 23.8 Å². The van der Waals surface area contributed by atoms with E-state index < -0.39 is 10.7 Å². The molecule has 0 bridgehead atoms. The Labute approximate surface area is 196 Å². The van der Waals surface area contributed by atoms with Crippen molar-refractivity contribution in [1.82, 2.24) is 15.3 Å². The van der Waals surface area contributed by atoms with Gasteiger partial charge in [-0.15, -0.1) is 0 Å². The molecule has 1 amide bonds.